The Morgan fingerprint density at radius 2 is 1.92 bits per heavy atom. The predicted molar refractivity (Wildman–Crippen MR) is 53.6 cm³/mol. The highest BCUT2D eigenvalue weighted by Gasteiger charge is 2.16. The van der Waals surface area contributed by atoms with E-state index in [1.165, 1.54) is 25.7 Å². The van der Waals surface area contributed by atoms with E-state index >= 15 is 0 Å². The maximum Gasteiger partial charge on any atom is 0.154 e. The number of hydrogen-bond donors (Lipinski definition) is 0. The fourth-order valence-electron chi connectivity index (χ4n) is 1.78. The van der Waals surface area contributed by atoms with Gasteiger partial charge in [-0.2, -0.15) is 0 Å². The van der Waals surface area contributed by atoms with E-state index in [-0.39, 0.29) is 6.29 Å². The van der Waals surface area contributed by atoms with Crippen LogP contribution in [0.1, 0.15) is 46.0 Å². The Bertz CT molecular complexity index is 119. The van der Waals surface area contributed by atoms with Crippen molar-refractivity contribution in [1.29, 1.82) is 0 Å². The summed E-state index contributed by atoms with van der Waals surface area (Å²) in [5, 5.41) is 0. The SMILES string of the molecule is CCCOC(C)OCC1CCCC1. The molecule has 1 unspecified atom stereocenters. The lowest BCUT2D eigenvalue weighted by Gasteiger charge is -2.16. The third-order valence-electron chi connectivity index (χ3n) is 2.60. The summed E-state index contributed by atoms with van der Waals surface area (Å²) in [5.41, 5.74) is 0. The summed E-state index contributed by atoms with van der Waals surface area (Å²) in [6.45, 7) is 5.81. The molecule has 2 nitrogen and oxygen atoms in total. The third kappa shape index (κ3) is 4.63. The van der Waals surface area contributed by atoms with Crippen molar-refractivity contribution in [2.75, 3.05) is 13.2 Å². The summed E-state index contributed by atoms with van der Waals surface area (Å²) < 4.78 is 11.0. The van der Waals surface area contributed by atoms with Crippen molar-refractivity contribution in [3.8, 4) is 0 Å². The molecule has 1 rings (SSSR count). The fourth-order valence-corrected chi connectivity index (χ4v) is 1.78. The second-order valence-electron chi connectivity index (χ2n) is 3.92. The average Bonchev–Trinajstić information content (AvgIpc) is 2.64. The lowest BCUT2D eigenvalue weighted by molar-refractivity contribution is -0.137. The molecule has 1 aliphatic carbocycles. The molecule has 1 atom stereocenters. The smallest absolute Gasteiger partial charge is 0.154 e. The van der Waals surface area contributed by atoms with Crippen LogP contribution in [0, 0.1) is 5.92 Å². The predicted octanol–water partition coefficient (Wildman–Crippen LogP) is 2.97. The van der Waals surface area contributed by atoms with Crippen molar-refractivity contribution >= 4 is 0 Å². The molecule has 1 fully saturated rings. The first-order valence-corrected chi connectivity index (χ1v) is 5.56. The van der Waals surface area contributed by atoms with Gasteiger partial charge in [-0.3, -0.25) is 0 Å². The van der Waals surface area contributed by atoms with Gasteiger partial charge in [0.1, 0.15) is 0 Å². The van der Waals surface area contributed by atoms with E-state index in [9.17, 15) is 0 Å². The van der Waals surface area contributed by atoms with E-state index in [0.717, 1.165) is 25.6 Å². The maximum absolute atomic E-state index is 5.61. The van der Waals surface area contributed by atoms with E-state index in [1.807, 2.05) is 6.92 Å². The molecule has 0 bridgehead atoms. The zero-order valence-electron chi connectivity index (χ0n) is 8.92. The minimum absolute atomic E-state index is 0.0134. The summed E-state index contributed by atoms with van der Waals surface area (Å²) in [6.07, 6.45) is 6.52. The number of rotatable bonds is 6. The molecule has 0 radical (unpaired) electrons. The molecule has 0 N–H and O–H groups in total. The Morgan fingerprint density at radius 3 is 2.54 bits per heavy atom. The van der Waals surface area contributed by atoms with Crippen LogP contribution in [0.25, 0.3) is 0 Å². The molecular formula is C11H22O2. The lowest BCUT2D eigenvalue weighted by atomic mass is 10.1. The van der Waals surface area contributed by atoms with Gasteiger partial charge in [0, 0.05) is 6.61 Å². The van der Waals surface area contributed by atoms with Gasteiger partial charge < -0.3 is 9.47 Å². The van der Waals surface area contributed by atoms with Crippen molar-refractivity contribution in [1.82, 2.24) is 0 Å². The Kier molecular flexibility index (Phi) is 5.40. The van der Waals surface area contributed by atoms with Crippen LogP contribution in [0.15, 0.2) is 0 Å². The molecule has 0 amide bonds. The largest absolute Gasteiger partial charge is 0.353 e. The highest BCUT2D eigenvalue weighted by molar-refractivity contribution is 4.66. The molecule has 0 aliphatic heterocycles. The second kappa shape index (κ2) is 6.39. The molecule has 1 aliphatic rings. The molecule has 13 heavy (non-hydrogen) atoms. The molecule has 0 aromatic heterocycles. The zero-order chi connectivity index (χ0) is 9.52. The van der Waals surface area contributed by atoms with Crippen LogP contribution >= 0.6 is 0 Å². The van der Waals surface area contributed by atoms with Crippen molar-refractivity contribution in [3.05, 3.63) is 0 Å². The van der Waals surface area contributed by atoms with Crippen LogP contribution in [-0.4, -0.2) is 19.5 Å². The van der Waals surface area contributed by atoms with E-state index in [2.05, 4.69) is 6.92 Å². The third-order valence-corrected chi connectivity index (χ3v) is 2.60. The van der Waals surface area contributed by atoms with E-state index in [1.54, 1.807) is 0 Å². The van der Waals surface area contributed by atoms with Crippen molar-refractivity contribution in [2.45, 2.75) is 52.2 Å². The highest BCUT2D eigenvalue weighted by atomic mass is 16.7. The summed E-state index contributed by atoms with van der Waals surface area (Å²) in [5.74, 6) is 0.799. The van der Waals surface area contributed by atoms with Crippen molar-refractivity contribution < 1.29 is 9.47 Å². The van der Waals surface area contributed by atoms with Crippen molar-refractivity contribution in [2.24, 2.45) is 5.92 Å². The van der Waals surface area contributed by atoms with Gasteiger partial charge in [0.15, 0.2) is 6.29 Å². The van der Waals surface area contributed by atoms with Crippen molar-refractivity contribution in [3.63, 3.8) is 0 Å². The monoisotopic (exact) mass is 186 g/mol. The average molecular weight is 186 g/mol. The van der Waals surface area contributed by atoms with Gasteiger partial charge in [0.2, 0.25) is 0 Å². The topological polar surface area (TPSA) is 18.5 Å². The van der Waals surface area contributed by atoms with Crippen LogP contribution in [0.2, 0.25) is 0 Å². The molecule has 1 saturated carbocycles. The summed E-state index contributed by atoms with van der Waals surface area (Å²) in [6, 6.07) is 0. The Balaban J connectivity index is 1.97. The second-order valence-corrected chi connectivity index (χ2v) is 3.92. The Hall–Kier alpha value is -0.0800. The molecular weight excluding hydrogens is 164 g/mol. The minimum atomic E-state index is -0.0134. The first-order valence-electron chi connectivity index (χ1n) is 5.56. The quantitative estimate of drug-likeness (QED) is 0.594. The normalized spacial score (nSPS) is 20.8. The fraction of sp³-hybridized carbons (Fsp3) is 1.00. The van der Waals surface area contributed by atoms with E-state index < -0.39 is 0 Å². The zero-order valence-corrected chi connectivity index (χ0v) is 8.92. The highest BCUT2D eigenvalue weighted by Crippen LogP contribution is 2.25. The van der Waals surface area contributed by atoms with Crippen LogP contribution in [0.3, 0.4) is 0 Å². The molecule has 0 aromatic rings. The molecule has 0 heterocycles. The molecule has 2 heteroatoms. The van der Waals surface area contributed by atoms with Gasteiger partial charge in [-0.25, -0.2) is 0 Å². The van der Waals surface area contributed by atoms with Gasteiger partial charge in [0.05, 0.1) is 6.61 Å². The standard InChI is InChI=1S/C11H22O2/c1-3-8-12-10(2)13-9-11-6-4-5-7-11/h10-11H,3-9H2,1-2H3. The maximum atomic E-state index is 5.61. The van der Waals surface area contributed by atoms with E-state index in [4.69, 9.17) is 9.47 Å². The van der Waals surface area contributed by atoms with E-state index in [0.29, 0.717) is 0 Å². The Labute approximate surface area is 81.6 Å². The minimum Gasteiger partial charge on any atom is -0.353 e. The number of ether oxygens (including phenoxy) is 2. The summed E-state index contributed by atoms with van der Waals surface area (Å²) in [4.78, 5) is 0. The first kappa shape index (κ1) is 11.0. The molecule has 0 spiro atoms. The van der Waals surface area contributed by atoms with Crippen LogP contribution in [0.5, 0.6) is 0 Å². The first-order chi connectivity index (χ1) is 6.33. The van der Waals surface area contributed by atoms with Gasteiger partial charge >= 0.3 is 0 Å². The van der Waals surface area contributed by atoms with Crippen LogP contribution in [0.4, 0.5) is 0 Å². The van der Waals surface area contributed by atoms with Crippen LogP contribution in [-0.2, 0) is 9.47 Å². The number of hydrogen-bond acceptors (Lipinski definition) is 2. The molecule has 0 saturated heterocycles. The van der Waals surface area contributed by atoms with Gasteiger partial charge in [0.25, 0.3) is 0 Å². The summed E-state index contributed by atoms with van der Waals surface area (Å²) >= 11 is 0. The van der Waals surface area contributed by atoms with Gasteiger partial charge in [-0.05, 0) is 32.1 Å². The van der Waals surface area contributed by atoms with Gasteiger partial charge in [-0.15, -0.1) is 0 Å². The lowest BCUT2D eigenvalue weighted by Crippen LogP contribution is -2.17. The molecule has 0 aromatic carbocycles. The molecule has 78 valence electrons. The Morgan fingerprint density at radius 1 is 1.23 bits per heavy atom. The van der Waals surface area contributed by atoms with Crippen LogP contribution < -0.4 is 0 Å². The van der Waals surface area contributed by atoms with Gasteiger partial charge in [-0.1, -0.05) is 19.8 Å². The summed E-state index contributed by atoms with van der Waals surface area (Å²) in [7, 11) is 0.